The quantitative estimate of drug-likeness (QED) is 0.870. The van der Waals surface area contributed by atoms with Gasteiger partial charge in [-0.3, -0.25) is 4.79 Å². The summed E-state index contributed by atoms with van der Waals surface area (Å²) in [6.45, 7) is 0. The first-order valence-corrected chi connectivity index (χ1v) is 7.07. The normalized spacial score (nSPS) is 28.4. The molecular weight excluding hydrogens is 283 g/mol. The van der Waals surface area contributed by atoms with E-state index in [2.05, 4.69) is 10.1 Å². The van der Waals surface area contributed by atoms with Gasteiger partial charge in [-0.15, -0.1) is 13.2 Å². The Morgan fingerprint density at radius 2 is 1.67 bits per heavy atom. The highest BCUT2D eigenvalue weighted by Gasteiger charge is 2.37. The minimum absolute atomic E-state index is 0.0203. The van der Waals surface area contributed by atoms with Crippen LogP contribution in [0.3, 0.4) is 0 Å². The minimum Gasteiger partial charge on any atom is -0.406 e. The second-order valence-electron chi connectivity index (χ2n) is 5.74. The van der Waals surface area contributed by atoms with Crippen molar-refractivity contribution in [3.63, 3.8) is 0 Å². The zero-order valence-electron chi connectivity index (χ0n) is 11.3. The van der Waals surface area contributed by atoms with Gasteiger partial charge in [-0.25, -0.2) is 0 Å². The smallest absolute Gasteiger partial charge is 0.406 e. The molecule has 1 aromatic carbocycles. The molecule has 3 rings (SSSR count). The van der Waals surface area contributed by atoms with Crippen molar-refractivity contribution >= 4 is 5.78 Å². The molecule has 21 heavy (non-hydrogen) atoms. The average molecular weight is 299 g/mol. The van der Waals surface area contributed by atoms with Crippen LogP contribution in [0.25, 0.3) is 0 Å². The van der Waals surface area contributed by atoms with Gasteiger partial charge in [0.25, 0.3) is 0 Å². The van der Waals surface area contributed by atoms with Gasteiger partial charge >= 0.3 is 6.36 Å². The van der Waals surface area contributed by atoms with Crippen molar-refractivity contribution < 1.29 is 22.7 Å². The van der Waals surface area contributed by atoms with Crippen LogP contribution in [-0.2, 0) is 0 Å². The van der Waals surface area contributed by atoms with E-state index < -0.39 is 6.36 Å². The molecule has 1 aromatic rings. The monoisotopic (exact) mass is 299 g/mol. The fourth-order valence-corrected chi connectivity index (χ4v) is 3.33. The molecular formula is C15H16F3NO2. The molecule has 2 atom stereocenters. The summed E-state index contributed by atoms with van der Waals surface area (Å²) in [5.74, 6) is -0.311. The highest BCUT2D eigenvalue weighted by molar-refractivity contribution is 5.98. The summed E-state index contributed by atoms with van der Waals surface area (Å²) in [6.07, 6.45) is -0.869. The second-order valence-corrected chi connectivity index (χ2v) is 5.74. The lowest BCUT2D eigenvalue weighted by Gasteiger charge is -2.28. The number of alkyl halides is 3. The van der Waals surface area contributed by atoms with E-state index >= 15 is 0 Å². The number of hydrogen-bond donors (Lipinski definition) is 1. The number of ether oxygens (including phenoxy) is 1. The van der Waals surface area contributed by atoms with Gasteiger partial charge in [-0.05, 0) is 49.9 Å². The number of piperidine rings is 1. The summed E-state index contributed by atoms with van der Waals surface area (Å²) in [7, 11) is 0. The van der Waals surface area contributed by atoms with Gasteiger partial charge in [0, 0.05) is 23.6 Å². The van der Waals surface area contributed by atoms with Crippen molar-refractivity contribution in [1.29, 1.82) is 0 Å². The molecule has 114 valence electrons. The Kier molecular flexibility index (Phi) is 3.65. The first-order valence-electron chi connectivity index (χ1n) is 7.07. The van der Waals surface area contributed by atoms with Gasteiger partial charge in [0.2, 0.25) is 0 Å². The van der Waals surface area contributed by atoms with Crippen LogP contribution >= 0.6 is 0 Å². The molecule has 0 aromatic heterocycles. The van der Waals surface area contributed by atoms with E-state index in [1.54, 1.807) is 0 Å². The van der Waals surface area contributed by atoms with Crippen LogP contribution in [-0.4, -0.2) is 24.2 Å². The molecule has 1 N–H and O–H groups in total. The number of fused-ring (bicyclic) bond motifs is 2. The molecule has 2 fully saturated rings. The van der Waals surface area contributed by atoms with Crippen molar-refractivity contribution in [3.05, 3.63) is 29.8 Å². The van der Waals surface area contributed by atoms with Gasteiger partial charge in [-0.2, -0.15) is 0 Å². The molecule has 2 heterocycles. The maximum atomic E-state index is 12.4. The summed E-state index contributed by atoms with van der Waals surface area (Å²) in [4.78, 5) is 12.4. The van der Waals surface area contributed by atoms with Gasteiger partial charge in [-0.1, -0.05) is 0 Å². The number of ketones is 1. The molecule has 0 amide bonds. The molecule has 6 heteroatoms. The molecule has 0 radical (unpaired) electrons. The summed E-state index contributed by atoms with van der Waals surface area (Å²) in [6, 6.07) is 6.02. The van der Waals surface area contributed by atoms with E-state index in [0.29, 0.717) is 17.6 Å². The molecule has 3 nitrogen and oxygen atoms in total. The Labute approximate surface area is 120 Å². The Balaban J connectivity index is 1.67. The van der Waals surface area contributed by atoms with Gasteiger partial charge < -0.3 is 10.1 Å². The first kappa shape index (κ1) is 14.4. The molecule has 0 aliphatic carbocycles. The van der Waals surface area contributed by atoms with Crippen LogP contribution in [0.5, 0.6) is 5.75 Å². The van der Waals surface area contributed by atoms with E-state index in [4.69, 9.17) is 0 Å². The van der Waals surface area contributed by atoms with Gasteiger partial charge in [0.05, 0.1) is 0 Å². The fraction of sp³-hybridized carbons (Fsp3) is 0.533. The summed E-state index contributed by atoms with van der Waals surface area (Å²) in [5, 5.41) is 3.46. The second kappa shape index (κ2) is 5.33. The lowest BCUT2D eigenvalue weighted by Crippen LogP contribution is -2.40. The van der Waals surface area contributed by atoms with Crippen molar-refractivity contribution in [2.45, 2.75) is 44.1 Å². The Morgan fingerprint density at radius 3 is 2.19 bits per heavy atom. The maximum Gasteiger partial charge on any atom is 0.573 e. The van der Waals surface area contributed by atoms with Crippen molar-refractivity contribution in [3.8, 4) is 5.75 Å². The summed E-state index contributed by atoms with van der Waals surface area (Å²) < 4.78 is 40.1. The maximum absolute atomic E-state index is 12.4. The average Bonchev–Trinajstić information content (AvgIpc) is 2.76. The standard InChI is InChI=1S/C15H16F3NO2/c16-15(17,18)21-13-5-1-9(2-6-13)14(20)10-7-11-3-4-12(8-10)19-11/h1-2,5-6,10-12,19H,3-4,7-8H2. The largest absolute Gasteiger partial charge is 0.573 e. The number of carbonyl (C=O) groups excluding carboxylic acids is 1. The topological polar surface area (TPSA) is 38.3 Å². The van der Waals surface area contributed by atoms with E-state index in [0.717, 1.165) is 25.7 Å². The highest BCUT2D eigenvalue weighted by Crippen LogP contribution is 2.33. The third-order valence-corrected chi connectivity index (χ3v) is 4.22. The Hall–Kier alpha value is -1.56. The highest BCUT2D eigenvalue weighted by atomic mass is 19.4. The fourth-order valence-electron chi connectivity index (χ4n) is 3.33. The molecule has 2 unspecified atom stereocenters. The molecule has 0 saturated carbocycles. The van der Waals surface area contributed by atoms with Crippen LogP contribution in [0.2, 0.25) is 0 Å². The van der Waals surface area contributed by atoms with Crippen molar-refractivity contribution in [2.24, 2.45) is 5.92 Å². The number of Topliss-reactive ketones (excluding diaryl/α,β-unsaturated/α-hetero) is 1. The van der Waals surface area contributed by atoms with Gasteiger partial charge in [0.15, 0.2) is 5.78 Å². The first-order chi connectivity index (χ1) is 9.90. The number of nitrogens with one attached hydrogen (secondary N) is 1. The zero-order valence-corrected chi connectivity index (χ0v) is 11.3. The number of hydrogen-bond acceptors (Lipinski definition) is 3. The van der Waals surface area contributed by atoms with Crippen LogP contribution in [0, 0.1) is 5.92 Å². The van der Waals surface area contributed by atoms with Crippen molar-refractivity contribution in [2.75, 3.05) is 0 Å². The molecule has 2 aliphatic heterocycles. The van der Waals surface area contributed by atoms with E-state index in [1.807, 2.05) is 0 Å². The number of rotatable bonds is 3. The number of benzene rings is 1. The van der Waals surface area contributed by atoms with Crippen LogP contribution in [0.1, 0.15) is 36.0 Å². The van der Waals surface area contributed by atoms with Crippen LogP contribution in [0.4, 0.5) is 13.2 Å². The van der Waals surface area contributed by atoms with Crippen LogP contribution in [0.15, 0.2) is 24.3 Å². The Bertz CT molecular complexity index is 515. The molecule has 2 saturated heterocycles. The lowest BCUT2D eigenvalue weighted by atomic mass is 9.86. The predicted molar refractivity (Wildman–Crippen MR) is 70.1 cm³/mol. The third-order valence-electron chi connectivity index (χ3n) is 4.22. The number of halogens is 3. The summed E-state index contributed by atoms with van der Waals surface area (Å²) >= 11 is 0. The van der Waals surface area contributed by atoms with Crippen LogP contribution < -0.4 is 10.1 Å². The summed E-state index contributed by atoms with van der Waals surface area (Å²) in [5.41, 5.74) is 0.454. The molecule has 2 aliphatic rings. The lowest BCUT2D eigenvalue weighted by molar-refractivity contribution is -0.274. The molecule has 2 bridgehead atoms. The zero-order chi connectivity index (χ0) is 15.0. The SMILES string of the molecule is O=C(c1ccc(OC(F)(F)F)cc1)C1CC2CCC(C1)N2. The third kappa shape index (κ3) is 3.37. The van der Waals surface area contributed by atoms with E-state index in [9.17, 15) is 18.0 Å². The number of carbonyl (C=O) groups is 1. The van der Waals surface area contributed by atoms with E-state index in [1.165, 1.54) is 24.3 Å². The van der Waals surface area contributed by atoms with E-state index in [-0.39, 0.29) is 17.5 Å². The minimum atomic E-state index is -4.71. The Morgan fingerprint density at radius 1 is 1.10 bits per heavy atom. The predicted octanol–water partition coefficient (Wildman–Crippen LogP) is 3.30. The van der Waals surface area contributed by atoms with Gasteiger partial charge in [0.1, 0.15) is 5.75 Å². The molecule has 0 spiro atoms. The van der Waals surface area contributed by atoms with Crippen molar-refractivity contribution in [1.82, 2.24) is 5.32 Å².